The molecule has 2 rings (SSSR count). The number of rotatable bonds is 3. The fraction of sp³-hybridized carbons (Fsp3) is 0.667. The van der Waals surface area contributed by atoms with E-state index in [-0.39, 0.29) is 5.43 Å². The standard InChI is InChI=1S/C15H23NO2/c1-11-7-15(18)8-12(2)16(11)9-13-5-3-4-6-14(13)10-17/h7-8,13-14,17H,3-6,9-10H2,1-2H3. The van der Waals surface area contributed by atoms with Gasteiger partial charge in [0.1, 0.15) is 0 Å². The number of aryl methyl sites for hydroxylation is 2. The van der Waals surface area contributed by atoms with E-state index >= 15 is 0 Å². The molecule has 0 amide bonds. The Morgan fingerprint density at radius 1 is 1.17 bits per heavy atom. The van der Waals surface area contributed by atoms with Crippen LogP contribution in [0, 0.1) is 25.7 Å². The zero-order chi connectivity index (χ0) is 13.1. The third-order valence-corrected chi connectivity index (χ3v) is 4.27. The third kappa shape index (κ3) is 2.83. The lowest BCUT2D eigenvalue weighted by atomic mass is 9.79. The fourth-order valence-electron chi connectivity index (χ4n) is 3.18. The van der Waals surface area contributed by atoms with Crippen molar-refractivity contribution >= 4 is 0 Å². The molecule has 1 aromatic heterocycles. The van der Waals surface area contributed by atoms with E-state index < -0.39 is 0 Å². The maximum absolute atomic E-state index is 11.4. The second kappa shape index (κ2) is 5.70. The average molecular weight is 249 g/mol. The Hall–Kier alpha value is -1.09. The number of aliphatic hydroxyl groups is 1. The first-order chi connectivity index (χ1) is 8.61. The molecule has 0 aromatic carbocycles. The van der Waals surface area contributed by atoms with Crippen molar-refractivity contribution in [3.05, 3.63) is 33.7 Å². The van der Waals surface area contributed by atoms with Gasteiger partial charge in [-0.25, -0.2) is 0 Å². The summed E-state index contributed by atoms with van der Waals surface area (Å²) in [7, 11) is 0. The van der Waals surface area contributed by atoms with E-state index in [2.05, 4.69) is 4.57 Å². The van der Waals surface area contributed by atoms with Crippen molar-refractivity contribution in [1.29, 1.82) is 0 Å². The molecule has 2 atom stereocenters. The van der Waals surface area contributed by atoms with Gasteiger partial charge in [0, 0.05) is 36.7 Å². The van der Waals surface area contributed by atoms with Crippen molar-refractivity contribution < 1.29 is 5.11 Å². The predicted octanol–water partition coefficient (Wildman–Crippen LogP) is 2.26. The van der Waals surface area contributed by atoms with Crippen molar-refractivity contribution in [3.63, 3.8) is 0 Å². The van der Waals surface area contributed by atoms with Crippen LogP contribution in [0.3, 0.4) is 0 Å². The molecule has 1 heterocycles. The molecule has 1 saturated carbocycles. The van der Waals surface area contributed by atoms with Gasteiger partial charge in [-0.3, -0.25) is 4.79 Å². The first-order valence-corrected chi connectivity index (χ1v) is 6.90. The van der Waals surface area contributed by atoms with Crippen LogP contribution >= 0.6 is 0 Å². The lowest BCUT2D eigenvalue weighted by Crippen LogP contribution is -2.28. The first-order valence-electron chi connectivity index (χ1n) is 6.90. The van der Waals surface area contributed by atoms with Crippen LogP contribution in [0.1, 0.15) is 37.1 Å². The molecule has 18 heavy (non-hydrogen) atoms. The number of aliphatic hydroxyl groups excluding tert-OH is 1. The van der Waals surface area contributed by atoms with Crippen LogP contribution < -0.4 is 5.43 Å². The van der Waals surface area contributed by atoms with Gasteiger partial charge >= 0.3 is 0 Å². The van der Waals surface area contributed by atoms with Gasteiger partial charge in [0.25, 0.3) is 0 Å². The lowest BCUT2D eigenvalue weighted by Gasteiger charge is -2.32. The number of hydrogen-bond donors (Lipinski definition) is 1. The minimum absolute atomic E-state index is 0.0867. The van der Waals surface area contributed by atoms with E-state index in [9.17, 15) is 9.90 Å². The maximum atomic E-state index is 11.4. The normalized spacial score (nSPS) is 24.2. The van der Waals surface area contributed by atoms with E-state index in [1.54, 1.807) is 12.1 Å². The Morgan fingerprint density at radius 2 is 1.72 bits per heavy atom. The molecule has 100 valence electrons. The summed E-state index contributed by atoms with van der Waals surface area (Å²) in [6, 6.07) is 3.40. The minimum Gasteiger partial charge on any atom is -0.396 e. The van der Waals surface area contributed by atoms with Gasteiger partial charge in [-0.15, -0.1) is 0 Å². The number of nitrogens with zero attached hydrogens (tertiary/aromatic N) is 1. The van der Waals surface area contributed by atoms with E-state index in [0.717, 1.165) is 24.4 Å². The van der Waals surface area contributed by atoms with Crippen molar-refractivity contribution in [3.8, 4) is 0 Å². The summed E-state index contributed by atoms with van der Waals surface area (Å²) >= 11 is 0. The Kier molecular flexibility index (Phi) is 4.23. The Bertz CT molecular complexity index is 438. The van der Waals surface area contributed by atoms with Gasteiger partial charge in [0.15, 0.2) is 5.43 Å². The van der Waals surface area contributed by atoms with Crippen LogP contribution in [0.15, 0.2) is 16.9 Å². The highest BCUT2D eigenvalue weighted by Crippen LogP contribution is 2.31. The molecule has 3 heteroatoms. The molecular weight excluding hydrogens is 226 g/mol. The van der Waals surface area contributed by atoms with Crippen LogP contribution in [0.4, 0.5) is 0 Å². The smallest absolute Gasteiger partial charge is 0.182 e. The lowest BCUT2D eigenvalue weighted by molar-refractivity contribution is 0.122. The number of pyridine rings is 1. The molecule has 0 saturated heterocycles. The second-order valence-corrected chi connectivity index (χ2v) is 5.57. The Labute approximate surface area is 108 Å². The molecule has 1 fully saturated rings. The fourth-order valence-corrected chi connectivity index (χ4v) is 3.18. The van der Waals surface area contributed by atoms with Crippen molar-refractivity contribution in [2.45, 2.75) is 46.1 Å². The molecule has 1 aromatic rings. The predicted molar refractivity (Wildman–Crippen MR) is 72.7 cm³/mol. The molecule has 0 aliphatic heterocycles. The van der Waals surface area contributed by atoms with Crippen LogP contribution in [-0.2, 0) is 6.54 Å². The summed E-state index contributed by atoms with van der Waals surface area (Å²) < 4.78 is 2.22. The molecule has 0 spiro atoms. The Morgan fingerprint density at radius 3 is 2.28 bits per heavy atom. The summed E-state index contributed by atoms with van der Waals surface area (Å²) in [5.74, 6) is 0.973. The van der Waals surface area contributed by atoms with Crippen LogP contribution in [0.2, 0.25) is 0 Å². The summed E-state index contributed by atoms with van der Waals surface area (Å²) in [6.07, 6.45) is 4.83. The largest absolute Gasteiger partial charge is 0.396 e. The summed E-state index contributed by atoms with van der Waals surface area (Å²) in [5, 5.41) is 9.46. The van der Waals surface area contributed by atoms with Gasteiger partial charge in [-0.1, -0.05) is 12.8 Å². The van der Waals surface area contributed by atoms with Gasteiger partial charge in [0.05, 0.1) is 0 Å². The topological polar surface area (TPSA) is 42.2 Å². The molecule has 2 unspecified atom stereocenters. The van der Waals surface area contributed by atoms with Crippen molar-refractivity contribution in [2.24, 2.45) is 11.8 Å². The van der Waals surface area contributed by atoms with Crippen molar-refractivity contribution in [1.82, 2.24) is 4.57 Å². The monoisotopic (exact) mass is 249 g/mol. The van der Waals surface area contributed by atoms with Gasteiger partial charge in [-0.05, 0) is 38.5 Å². The summed E-state index contributed by atoms with van der Waals surface area (Å²) in [6.45, 7) is 5.21. The molecule has 1 aliphatic carbocycles. The van der Waals surface area contributed by atoms with Crippen LogP contribution in [0.5, 0.6) is 0 Å². The van der Waals surface area contributed by atoms with E-state index in [0.29, 0.717) is 18.4 Å². The second-order valence-electron chi connectivity index (χ2n) is 5.57. The highest BCUT2D eigenvalue weighted by Gasteiger charge is 2.25. The molecular formula is C15H23NO2. The average Bonchev–Trinajstić information content (AvgIpc) is 2.34. The third-order valence-electron chi connectivity index (χ3n) is 4.27. The summed E-state index contributed by atoms with van der Waals surface area (Å²) in [4.78, 5) is 11.4. The minimum atomic E-state index is 0.0867. The maximum Gasteiger partial charge on any atom is 0.182 e. The van der Waals surface area contributed by atoms with Gasteiger partial charge < -0.3 is 9.67 Å². The van der Waals surface area contributed by atoms with Crippen LogP contribution in [-0.4, -0.2) is 16.3 Å². The number of hydrogen-bond acceptors (Lipinski definition) is 2. The zero-order valence-electron chi connectivity index (χ0n) is 11.4. The summed E-state index contributed by atoms with van der Waals surface area (Å²) in [5.41, 5.74) is 2.15. The molecule has 1 N–H and O–H groups in total. The molecule has 0 radical (unpaired) electrons. The van der Waals surface area contributed by atoms with Crippen molar-refractivity contribution in [2.75, 3.05) is 6.61 Å². The molecule has 0 bridgehead atoms. The van der Waals surface area contributed by atoms with E-state index in [1.165, 1.54) is 19.3 Å². The highest BCUT2D eigenvalue weighted by molar-refractivity contribution is 5.12. The van der Waals surface area contributed by atoms with Gasteiger partial charge in [-0.2, -0.15) is 0 Å². The zero-order valence-corrected chi connectivity index (χ0v) is 11.4. The van der Waals surface area contributed by atoms with Gasteiger partial charge in [0.2, 0.25) is 0 Å². The molecule has 3 nitrogen and oxygen atoms in total. The Balaban J connectivity index is 2.20. The quantitative estimate of drug-likeness (QED) is 0.893. The van der Waals surface area contributed by atoms with Crippen LogP contribution in [0.25, 0.3) is 0 Å². The first kappa shape index (κ1) is 13.3. The van der Waals surface area contributed by atoms with E-state index in [1.807, 2.05) is 13.8 Å². The highest BCUT2D eigenvalue weighted by atomic mass is 16.3. The molecule has 1 aliphatic rings. The van der Waals surface area contributed by atoms with E-state index in [4.69, 9.17) is 0 Å². The SMILES string of the molecule is Cc1cc(=O)cc(C)n1CC1CCCCC1CO. The number of aromatic nitrogens is 1.